The molecule has 16 heavy (non-hydrogen) atoms. The van der Waals surface area contributed by atoms with Crippen LogP contribution in [0.4, 0.5) is 0 Å². The SMILES string of the molecule is COc1cnc2cc(C3(N)CC3)ccc2n1. The fourth-order valence-corrected chi connectivity index (χ4v) is 1.83. The first-order valence-electron chi connectivity index (χ1n) is 5.31. The maximum atomic E-state index is 6.14. The lowest BCUT2D eigenvalue weighted by atomic mass is 10.1. The van der Waals surface area contributed by atoms with E-state index in [1.807, 2.05) is 18.2 Å². The number of benzene rings is 1. The number of nitrogens with zero attached hydrogens (tertiary/aromatic N) is 2. The predicted octanol–water partition coefficient (Wildman–Crippen LogP) is 1.59. The van der Waals surface area contributed by atoms with Gasteiger partial charge in [-0.2, -0.15) is 0 Å². The van der Waals surface area contributed by atoms with Gasteiger partial charge in [0.2, 0.25) is 5.88 Å². The van der Waals surface area contributed by atoms with Crippen molar-refractivity contribution in [1.82, 2.24) is 9.97 Å². The summed E-state index contributed by atoms with van der Waals surface area (Å²) in [7, 11) is 1.59. The van der Waals surface area contributed by atoms with Gasteiger partial charge in [-0.3, -0.25) is 0 Å². The number of nitrogens with two attached hydrogens (primary N) is 1. The molecule has 82 valence electrons. The van der Waals surface area contributed by atoms with Crippen LogP contribution in [-0.2, 0) is 5.54 Å². The van der Waals surface area contributed by atoms with E-state index in [9.17, 15) is 0 Å². The van der Waals surface area contributed by atoms with Crippen molar-refractivity contribution in [1.29, 1.82) is 0 Å². The zero-order valence-corrected chi connectivity index (χ0v) is 9.10. The lowest BCUT2D eigenvalue weighted by Gasteiger charge is -2.09. The Labute approximate surface area is 93.5 Å². The minimum atomic E-state index is -0.115. The Balaban J connectivity index is 2.12. The molecule has 1 saturated carbocycles. The normalized spacial score (nSPS) is 17.4. The molecule has 0 atom stereocenters. The maximum absolute atomic E-state index is 6.14. The number of rotatable bonds is 2. The van der Waals surface area contributed by atoms with E-state index in [-0.39, 0.29) is 5.54 Å². The molecule has 0 amide bonds. The fraction of sp³-hybridized carbons (Fsp3) is 0.333. The molecular formula is C12H13N3O. The van der Waals surface area contributed by atoms with Crippen LogP contribution in [0.25, 0.3) is 11.0 Å². The van der Waals surface area contributed by atoms with Crippen molar-refractivity contribution in [3.8, 4) is 5.88 Å². The van der Waals surface area contributed by atoms with Gasteiger partial charge in [-0.05, 0) is 30.5 Å². The summed E-state index contributed by atoms with van der Waals surface area (Å²) in [5.74, 6) is 0.536. The highest BCUT2D eigenvalue weighted by molar-refractivity contribution is 5.75. The number of methoxy groups -OCH3 is 1. The van der Waals surface area contributed by atoms with E-state index in [0.717, 1.165) is 29.4 Å². The molecule has 1 aliphatic carbocycles. The summed E-state index contributed by atoms with van der Waals surface area (Å²) < 4.78 is 5.03. The van der Waals surface area contributed by atoms with E-state index < -0.39 is 0 Å². The number of hydrogen-bond acceptors (Lipinski definition) is 4. The molecule has 0 aliphatic heterocycles. The molecule has 4 heteroatoms. The molecule has 1 aliphatic rings. The van der Waals surface area contributed by atoms with Crippen LogP contribution in [0.5, 0.6) is 5.88 Å². The van der Waals surface area contributed by atoms with Crippen LogP contribution in [0.1, 0.15) is 18.4 Å². The summed E-state index contributed by atoms with van der Waals surface area (Å²) in [6, 6.07) is 6.01. The number of fused-ring (bicyclic) bond motifs is 1. The van der Waals surface area contributed by atoms with Gasteiger partial charge in [-0.25, -0.2) is 9.97 Å². The van der Waals surface area contributed by atoms with Gasteiger partial charge < -0.3 is 10.5 Å². The minimum absolute atomic E-state index is 0.115. The molecule has 3 rings (SSSR count). The second-order valence-electron chi connectivity index (χ2n) is 4.27. The van der Waals surface area contributed by atoms with Crippen molar-refractivity contribution in [2.75, 3.05) is 7.11 Å². The molecule has 0 spiro atoms. The van der Waals surface area contributed by atoms with Crippen molar-refractivity contribution in [2.45, 2.75) is 18.4 Å². The summed E-state index contributed by atoms with van der Waals surface area (Å²) in [6.07, 6.45) is 3.74. The van der Waals surface area contributed by atoms with Crippen molar-refractivity contribution in [3.63, 3.8) is 0 Å². The predicted molar refractivity (Wildman–Crippen MR) is 61.2 cm³/mol. The van der Waals surface area contributed by atoms with Gasteiger partial charge in [-0.1, -0.05) is 6.07 Å². The first-order valence-corrected chi connectivity index (χ1v) is 5.31. The Kier molecular flexibility index (Phi) is 1.88. The smallest absolute Gasteiger partial charge is 0.232 e. The van der Waals surface area contributed by atoms with E-state index >= 15 is 0 Å². The van der Waals surface area contributed by atoms with Crippen LogP contribution >= 0.6 is 0 Å². The van der Waals surface area contributed by atoms with Crippen molar-refractivity contribution >= 4 is 11.0 Å². The Morgan fingerprint density at radius 3 is 2.81 bits per heavy atom. The maximum Gasteiger partial charge on any atom is 0.232 e. The van der Waals surface area contributed by atoms with Crippen molar-refractivity contribution in [3.05, 3.63) is 30.0 Å². The molecular weight excluding hydrogens is 202 g/mol. The molecule has 2 aromatic rings. The zero-order valence-electron chi connectivity index (χ0n) is 9.10. The number of aromatic nitrogens is 2. The highest BCUT2D eigenvalue weighted by Crippen LogP contribution is 2.43. The number of hydrogen-bond donors (Lipinski definition) is 1. The first-order chi connectivity index (χ1) is 7.71. The molecule has 0 radical (unpaired) electrons. The van der Waals surface area contributed by atoms with E-state index in [1.165, 1.54) is 0 Å². The van der Waals surface area contributed by atoms with Gasteiger partial charge in [0.25, 0.3) is 0 Å². The van der Waals surface area contributed by atoms with Gasteiger partial charge in [0, 0.05) is 5.54 Å². The zero-order chi connectivity index (χ0) is 11.2. The Bertz CT molecular complexity index is 549. The highest BCUT2D eigenvalue weighted by atomic mass is 16.5. The molecule has 0 bridgehead atoms. The van der Waals surface area contributed by atoms with Crippen LogP contribution < -0.4 is 10.5 Å². The molecule has 0 unspecified atom stereocenters. The van der Waals surface area contributed by atoms with Crippen molar-refractivity contribution < 1.29 is 4.74 Å². The van der Waals surface area contributed by atoms with Gasteiger partial charge in [0.15, 0.2) is 0 Å². The van der Waals surface area contributed by atoms with Gasteiger partial charge >= 0.3 is 0 Å². The van der Waals surface area contributed by atoms with Crippen LogP contribution in [0.15, 0.2) is 24.4 Å². The summed E-state index contributed by atoms with van der Waals surface area (Å²) in [4.78, 5) is 8.62. The van der Waals surface area contributed by atoms with Crippen LogP contribution in [0, 0.1) is 0 Å². The molecule has 1 fully saturated rings. The second-order valence-corrected chi connectivity index (χ2v) is 4.27. The number of ether oxygens (including phenoxy) is 1. The summed E-state index contributed by atoms with van der Waals surface area (Å²) >= 11 is 0. The van der Waals surface area contributed by atoms with E-state index in [0.29, 0.717) is 5.88 Å². The lowest BCUT2D eigenvalue weighted by molar-refractivity contribution is 0.397. The van der Waals surface area contributed by atoms with E-state index in [4.69, 9.17) is 10.5 Å². The average molecular weight is 215 g/mol. The standard InChI is InChI=1S/C12H13N3O/c1-16-11-7-14-10-6-8(12(13)4-5-12)2-3-9(10)15-11/h2-3,6-7H,4-5,13H2,1H3. The topological polar surface area (TPSA) is 61.0 Å². The Morgan fingerprint density at radius 1 is 1.31 bits per heavy atom. The molecule has 0 saturated heterocycles. The monoisotopic (exact) mass is 215 g/mol. The average Bonchev–Trinajstić information content (AvgIpc) is 3.07. The van der Waals surface area contributed by atoms with Crippen LogP contribution in [0.3, 0.4) is 0 Å². The lowest BCUT2D eigenvalue weighted by Crippen LogP contribution is -2.18. The largest absolute Gasteiger partial charge is 0.480 e. The molecule has 1 heterocycles. The molecule has 1 aromatic heterocycles. The molecule has 4 nitrogen and oxygen atoms in total. The van der Waals surface area contributed by atoms with Gasteiger partial charge in [-0.15, -0.1) is 0 Å². The third kappa shape index (κ3) is 1.42. The summed E-state index contributed by atoms with van der Waals surface area (Å²) in [6.45, 7) is 0. The van der Waals surface area contributed by atoms with E-state index in [2.05, 4.69) is 9.97 Å². The molecule has 2 N–H and O–H groups in total. The Hall–Kier alpha value is -1.68. The first kappa shape index (κ1) is 9.54. The van der Waals surface area contributed by atoms with Crippen molar-refractivity contribution in [2.24, 2.45) is 5.73 Å². The molecule has 1 aromatic carbocycles. The summed E-state index contributed by atoms with van der Waals surface area (Å²) in [5.41, 5.74) is 8.89. The van der Waals surface area contributed by atoms with E-state index in [1.54, 1.807) is 13.3 Å². The van der Waals surface area contributed by atoms with Gasteiger partial charge in [0.05, 0.1) is 24.3 Å². The minimum Gasteiger partial charge on any atom is -0.480 e. The highest BCUT2D eigenvalue weighted by Gasteiger charge is 2.39. The third-order valence-corrected chi connectivity index (χ3v) is 3.09. The second kappa shape index (κ2) is 3.15. The van der Waals surface area contributed by atoms with Crippen LogP contribution in [-0.4, -0.2) is 17.1 Å². The van der Waals surface area contributed by atoms with Gasteiger partial charge in [0.1, 0.15) is 0 Å². The Morgan fingerprint density at radius 2 is 2.12 bits per heavy atom. The van der Waals surface area contributed by atoms with Crippen LogP contribution in [0.2, 0.25) is 0 Å². The summed E-state index contributed by atoms with van der Waals surface area (Å²) in [5, 5.41) is 0. The third-order valence-electron chi connectivity index (χ3n) is 3.09. The quantitative estimate of drug-likeness (QED) is 0.826. The fourth-order valence-electron chi connectivity index (χ4n) is 1.83.